The fourth-order valence-corrected chi connectivity index (χ4v) is 11.3. The first-order valence-corrected chi connectivity index (χ1v) is 20.4. The fraction of sp³-hybridized carbons (Fsp3) is 0. The molecule has 0 aliphatic rings. The van der Waals surface area contributed by atoms with Crippen molar-refractivity contribution in [1.82, 2.24) is 0 Å². The molecule has 0 heterocycles. The molecule has 0 fully saturated rings. The van der Waals surface area contributed by atoms with E-state index in [9.17, 15) is 0 Å². The van der Waals surface area contributed by atoms with E-state index in [0.29, 0.717) is 0 Å². The molecule has 0 unspecified atom stereocenters. The highest BCUT2D eigenvalue weighted by molar-refractivity contribution is 6.53. The van der Waals surface area contributed by atoms with Gasteiger partial charge in [0, 0.05) is 0 Å². The zero-order valence-corrected chi connectivity index (χ0v) is 31.5. The molecule has 0 saturated carbocycles. The summed E-state index contributed by atoms with van der Waals surface area (Å²) >= 11 is 0. The van der Waals surface area contributed by atoms with Gasteiger partial charge in [-0.15, -0.1) is 0 Å². The van der Waals surface area contributed by atoms with Gasteiger partial charge in [0.1, 0.15) is 0 Å². The molecule has 0 N–H and O–H groups in total. The summed E-state index contributed by atoms with van der Waals surface area (Å²) in [5.74, 6) is 0. The van der Waals surface area contributed by atoms with Crippen LogP contribution in [-0.2, 0) is 0 Å². The molecule has 14 aromatic rings. The van der Waals surface area contributed by atoms with Gasteiger partial charge in [0.25, 0.3) is 0 Å². The predicted molar refractivity (Wildman–Crippen MR) is 251 cm³/mol. The highest BCUT2D eigenvalue weighted by Crippen LogP contribution is 2.57. The number of rotatable bonds is 3. The molecule has 0 aromatic heterocycles. The molecular weight excluding hydrogens is 697 g/mol. The van der Waals surface area contributed by atoms with Crippen molar-refractivity contribution in [2.45, 2.75) is 0 Å². The summed E-state index contributed by atoms with van der Waals surface area (Å²) in [6, 6.07) is 73.1. The standard InChI is InChI=1S/C58H32/c1-3-14-33(15-4-1)37-22-7-8-23-40(37)52-48-32-47-41-24-9-18-35-19-10-26-42(49(35)41)53(47)54-43-27-11-20-36-21-12-28-44(50(36)43)56(58(48)54)57-45-29-13-25-39-38(34-16-5-2-6-17-34)30-31-46(51(39)45)55(52)57/h1-32H. The van der Waals surface area contributed by atoms with Crippen LogP contribution in [0.1, 0.15) is 0 Å². The number of fused-ring (bicyclic) bond motifs is 10. The van der Waals surface area contributed by atoms with Crippen molar-refractivity contribution < 1.29 is 0 Å². The van der Waals surface area contributed by atoms with Crippen LogP contribution in [0.15, 0.2) is 194 Å². The molecule has 0 spiro atoms. The average Bonchev–Trinajstić information content (AvgIpc) is 3.80. The van der Waals surface area contributed by atoms with Crippen LogP contribution >= 0.6 is 0 Å². The van der Waals surface area contributed by atoms with Gasteiger partial charge in [-0.3, -0.25) is 0 Å². The second-order valence-corrected chi connectivity index (χ2v) is 16.2. The van der Waals surface area contributed by atoms with Crippen molar-refractivity contribution in [2.24, 2.45) is 0 Å². The normalized spacial score (nSPS) is 12.5. The summed E-state index contributed by atoms with van der Waals surface area (Å²) in [7, 11) is 0. The lowest BCUT2D eigenvalue weighted by molar-refractivity contribution is 1.61. The van der Waals surface area contributed by atoms with Gasteiger partial charge in [0.05, 0.1) is 0 Å². The highest BCUT2D eigenvalue weighted by Gasteiger charge is 2.28. The van der Waals surface area contributed by atoms with Crippen LogP contribution in [0, 0.1) is 0 Å². The quantitative estimate of drug-likeness (QED) is 0.126. The SMILES string of the molecule is c1ccc(-c2ccccc2-c2c3cc4c5cccc6cccc(c65)c4c4c5cccc6cccc(c65)c(c5c6cccc7c(-c8ccccc8)ccc(c25)c76)c34)cc1. The van der Waals surface area contributed by atoms with E-state index in [-0.39, 0.29) is 0 Å². The second-order valence-electron chi connectivity index (χ2n) is 16.2. The lowest BCUT2D eigenvalue weighted by atomic mass is 9.81. The highest BCUT2D eigenvalue weighted by atomic mass is 14.3. The molecule has 14 aromatic carbocycles. The van der Waals surface area contributed by atoms with Crippen LogP contribution < -0.4 is 0 Å². The van der Waals surface area contributed by atoms with Crippen LogP contribution in [-0.4, -0.2) is 0 Å². The van der Waals surface area contributed by atoms with E-state index in [1.54, 1.807) is 0 Å². The van der Waals surface area contributed by atoms with Crippen LogP contribution in [0.3, 0.4) is 0 Å². The molecule has 58 heavy (non-hydrogen) atoms. The van der Waals surface area contributed by atoms with Crippen molar-refractivity contribution in [3.05, 3.63) is 194 Å². The van der Waals surface area contributed by atoms with Gasteiger partial charge in [0.2, 0.25) is 0 Å². The van der Waals surface area contributed by atoms with E-state index < -0.39 is 0 Å². The van der Waals surface area contributed by atoms with Gasteiger partial charge in [-0.25, -0.2) is 0 Å². The minimum Gasteiger partial charge on any atom is -0.0622 e. The topological polar surface area (TPSA) is 0 Å². The Labute approximate surface area is 333 Å². The lowest BCUT2D eigenvalue weighted by Crippen LogP contribution is -1.93. The smallest absolute Gasteiger partial charge is 0.000673 e. The van der Waals surface area contributed by atoms with Gasteiger partial charge in [0.15, 0.2) is 0 Å². The first kappa shape index (κ1) is 30.7. The summed E-state index contributed by atoms with van der Waals surface area (Å²) in [6.07, 6.45) is 0. The Morgan fingerprint density at radius 2 is 0.638 bits per heavy atom. The third-order valence-corrected chi connectivity index (χ3v) is 13.4. The van der Waals surface area contributed by atoms with E-state index in [4.69, 9.17) is 0 Å². The Balaban J connectivity index is 1.35. The maximum atomic E-state index is 2.58. The van der Waals surface area contributed by atoms with Gasteiger partial charge >= 0.3 is 0 Å². The van der Waals surface area contributed by atoms with Gasteiger partial charge in [-0.1, -0.05) is 188 Å². The molecule has 0 nitrogen and oxygen atoms in total. The number of hydrogen-bond acceptors (Lipinski definition) is 0. The van der Waals surface area contributed by atoms with Crippen LogP contribution in [0.4, 0.5) is 0 Å². The van der Waals surface area contributed by atoms with E-state index in [2.05, 4.69) is 194 Å². The molecule has 0 radical (unpaired) electrons. The van der Waals surface area contributed by atoms with Gasteiger partial charge < -0.3 is 0 Å². The third kappa shape index (κ3) is 3.76. The van der Waals surface area contributed by atoms with Crippen molar-refractivity contribution >= 4 is 108 Å². The molecule has 0 aliphatic heterocycles. The Kier molecular flexibility index (Phi) is 5.85. The lowest BCUT2D eigenvalue weighted by Gasteiger charge is -2.21. The minimum absolute atomic E-state index is 1.23. The van der Waals surface area contributed by atoms with Crippen LogP contribution in [0.2, 0.25) is 0 Å². The molecule has 0 aliphatic carbocycles. The maximum absolute atomic E-state index is 2.58. The summed E-state index contributed by atoms with van der Waals surface area (Å²) in [4.78, 5) is 0. The summed E-state index contributed by atoms with van der Waals surface area (Å²) in [5, 5.41) is 26.7. The third-order valence-electron chi connectivity index (χ3n) is 13.4. The molecule has 0 heteroatoms. The fourth-order valence-electron chi connectivity index (χ4n) is 11.3. The zero-order chi connectivity index (χ0) is 37.6. The summed E-state index contributed by atoms with van der Waals surface area (Å²) < 4.78 is 0. The van der Waals surface area contributed by atoms with Gasteiger partial charge in [-0.2, -0.15) is 0 Å². The molecule has 0 saturated heterocycles. The van der Waals surface area contributed by atoms with E-state index >= 15 is 0 Å². The molecule has 0 atom stereocenters. The van der Waals surface area contributed by atoms with Crippen LogP contribution in [0.25, 0.3) is 141 Å². The largest absolute Gasteiger partial charge is 0.0622 e. The van der Waals surface area contributed by atoms with Crippen molar-refractivity contribution in [1.29, 1.82) is 0 Å². The van der Waals surface area contributed by atoms with Crippen molar-refractivity contribution in [2.75, 3.05) is 0 Å². The van der Waals surface area contributed by atoms with E-state index in [1.165, 1.54) is 141 Å². The first-order valence-electron chi connectivity index (χ1n) is 20.4. The second kappa shape index (κ2) is 11.1. The predicted octanol–water partition coefficient (Wildman–Crippen LogP) is 16.5. The monoisotopic (exact) mass is 728 g/mol. The maximum Gasteiger partial charge on any atom is -0.000673 e. The molecule has 264 valence electrons. The number of benzene rings is 12. The molecule has 14 rings (SSSR count). The Morgan fingerprint density at radius 1 is 0.190 bits per heavy atom. The summed E-state index contributed by atoms with van der Waals surface area (Å²) in [6.45, 7) is 0. The Hall–Kier alpha value is -7.54. The van der Waals surface area contributed by atoms with Crippen molar-refractivity contribution in [3.63, 3.8) is 0 Å². The molecule has 0 amide bonds. The number of hydrogen-bond donors (Lipinski definition) is 0. The summed E-state index contributed by atoms with van der Waals surface area (Å²) in [5.41, 5.74) is 7.58. The molecule has 0 bridgehead atoms. The Morgan fingerprint density at radius 3 is 1.31 bits per heavy atom. The van der Waals surface area contributed by atoms with E-state index in [0.717, 1.165) is 0 Å². The molecular formula is C58H32. The minimum atomic E-state index is 1.23. The Bertz CT molecular complexity index is 3980. The first-order chi connectivity index (χ1) is 28.8. The average molecular weight is 729 g/mol. The zero-order valence-electron chi connectivity index (χ0n) is 31.5. The van der Waals surface area contributed by atoms with E-state index in [1.807, 2.05) is 0 Å². The van der Waals surface area contributed by atoms with Crippen molar-refractivity contribution in [3.8, 4) is 33.4 Å². The van der Waals surface area contributed by atoms with Gasteiger partial charge in [-0.05, 0) is 147 Å². The van der Waals surface area contributed by atoms with Crippen LogP contribution in [0.5, 0.6) is 0 Å².